The summed E-state index contributed by atoms with van der Waals surface area (Å²) < 4.78 is 1.25. The number of hydrogen-bond acceptors (Lipinski definition) is 2. The number of rotatable bonds is 3. The Kier molecular flexibility index (Phi) is 4.47. The average molecular weight is 486 g/mol. The molecular weight excluding hydrogens is 463 g/mol. The van der Waals surface area contributed by atoms with Crippen LogP contribution in [0.1, 0.15) is 47.2 Å². The molecule has 1 unspecified atom stereocenters. The first kappa shape index (κ1) is 18.2. The first-order valence-corrected chi connectivity index (χ1v) is 11.0. The lowest BCUT2D eigenvalue weighted by Gasteiger charge is -2.42. The van der Waals surface area contributed by atoms with E-state index in [0.29, 0.717) is 25.1 Å². The van der Waals surface area contributed by atoms with Gasteiger partial charge in [-0.25, -0.2) is 0 Å². The van der Waals surface area contributed by atoms with E-state index in [4.69, 9.17) is 0 Å². The minimum absolute atomic E-state index is 0.00692. The van der Waals surface area contributed by atoms with Crippen LogP contribution in [0.5, 0.6) is 0 Å². The molecule has 1 saturated heterocycles. The van der Waals surface area contributed by atoms with E-state index in [-0.39, 0.29) is 11.3 Å². The zero-order valence-electron chi connectivity index (χ0n) is 15.6. The van der Waals surface area contributed by atoms with Gasteiger partial charge in [-0.2, -0.15) is 0 Å². The number of fused-ring (bicyclic) bond motifs is 1. The largest absolute Gasteiger partial charge is 0.391 e. The fourth-order valence-electron chi connectivity index (χ4n) is 4.84. The van der Waals surface area contributed by atoms with E-state index in [1.54, 1.807) is 4.90 Å². The maximum atomic E-state index is 13.1. The summed E-state index contributed by atoms with van der Waals surface area (Å²) in [4.78, 5) is 18.2. The number of likely N-dealkylation sites (tertiary alicyclic amines) is 1. The second-order valence-electron chi connectivity index (χ2n) is 8.07. The van der Waals surface area contributed by atoms with Gasteiger partial charge in [0.1, 0.15) is 0 Å². The Balaban J connectivity index is 1.58. The number of aromatic nitrogens is 1. The van der Waals surface area contributed by atoms with Gasteiger partial charge < -0.3 is 15.0 Å². The van der Waals surface area contributed by atoms with Crippen LogP contribution in [-0.4, -0.2) is 40.1 Å². The van der Waals surface area contributed by atoms with Crippen molar-refractivity contribution in [2.45, 2.75) is 37.2 Å². The minimum Gasteiger partial charge on any atom is -0.391 e. The molecular formula is C23H23IN2O2. The Morgan fingerprint density at radius 3 is 2.61 bits per heavy atom. The molecule has 0 radical (unpaired) electrons. The Labute approximate surface area is 178 Å². The van der Waals surface area contributed by atoms with E-state index < -0.39 is 6.10 Å². The van der Waals surface area contributed by atoms with Crippen molar-refractivity contribution in [2.75, 3.05) is 13.1 Å². The molecule has 144 valence electrons. The summed E-state index contributed by atoms with van der Waals surface area (Å²) in [5.74, 6) is 0.00692. The van der Waals surface area contributed by atoms with Crippen molar-refractivity contribution in [1.82, 2.24) is 9.88 Å². The SMILES string of the molecule is O=C(c1cccc2c(C3(c4ccc(I)cc4)CCC3)c[nH]c12)N1CCC(O)C1. The monoisotopic (exact) mass is 486 g/mol. The van der Waals surface area contributed by atoms with Crippen molar-refractivity contribution >= 4 is 39.4 Å². The van der Waals surface area contributed by atoms with Crippen LogP contribution in [0.3, 0.4) is 0 Å². The second-order valence-corrected chi connectivity index (χ2v) is 9.31. The summed E-state index contributed by atoms with van der Waals surface area (Å²) in [6, 6.07) is 14.9. The number of carbonyl (C=O) groups excluding carboxylic acids is 1. The highest BCUT2D eigenvalue weighted by molar-refractivity contribution is 14.1. The number of nitrogens with one attached hydrogen (secondary N) is 1. The Bertz CT molecular complexity index is 1040. The number of β-amino-alcohol motifs (C(OH)–C–C–N with tert-alkyl or cyclic N) is 1. The highest BCUT2D eigenvalue weighted by atomic mass is 127. The molecule has 3 aromatic rings. The minimum atomic E-state index is -0.401. The van der Waals surface area contributed by atoms with Crippen LogP contribution in [-0.2, 0) is 5.41 Å². The molecule has 28 heavy (non-hydrogen) atoms. The molecule has 1 aliphatic heterocycles. The zero-order chi connectivity index (χ0) is 19.3. The fourth-order valence-corrected chi connectivity index (χ4v) is 5.20. The standard InChI is InChI=1S/C23H23IN2O2/c24-16-7-5-15(6-8-16)23(10-2-11-23)20-13-25-21-18(20)3-1-4-19(21)22(28)26-12-9-17(27)14-26/h1,3-8,13,17,25,27H,2,9-12,14H2. The molecule has 2 aromatic carbocycles. The molecule has 2 N–H and O–H groups in total. The number of aliphatic hydroxyl groups excluding tert-OH is 1. The molecule has 5 heteroatoms. The van der Waals surface area contributed by atoms with Crippen LogP contribution in [0.4, 0.5) is 0 Å². The molecule has 1 amide bonds. The molecule has 4 nitrogen and oxygen atoms in total. The molecule has 1 atom stereocenters. The molecule has 0 bridgehead atoms. The van der Waals surface area contributed by atoms with Crippen molar-refractivity contribution in [3.63, 3.8) is 0 Å². The zero-order valence-corrected chi connectivity index (χ0v) is 17.8. The third kappa shape index (κ3) is 2.78. The lowest BCUT2D eigenvalue weighted by atomic mass is 9.60. The van der Waals surface area contributed by atoms with Crippen molar-refractivity contribution in [1.29, 1.82) is 0 Å². The third-order valence-corrected chi connectivity index (χ3v) is 7.24. The number of amides is 1. The molecule has 1 aliphatic carbocycles. The van der Waals surface area contributed by atoms with Crippen LogP contribution in [0.25, 0.3) is 10.9 Å². The van der Waals surface area contributed by atoms with Gasteiger partial charge in [0.05, 0.1) is 17.2 Å². The van der Waals surface area contributed by atoms with Crippen molar-refractivity contribution in [2.24, 2.45) is 0 Å². The van der Waals surface area contributed by atoms with Gasteiger partial charge in [-0.05, 0) is 71.2 Å². The number of carbonyl (C=O) groups is 1. The number of H-pyrrole nitrogens is 1. The van der Waals surface area contributed by atoms with E-state index in [1.165, 1.54) is 21.1 Å². The first-order valence-electron chi connectivity index (χ1n) is 9.92. The number of aliphatic hydroxyl groups is 1. The van der Waals surface area contributed by atoms with Gasteiger partial charge in [-0.1, -0.05) is 30.7 Å². The summed E-state index contributed by atoms with van der Waals surface area (Å²) in [6.07, 6.45) is 5.86. The predicted molar refractivity (Wildman–Crippen MR) is 119 cm³/mol. The van der Waals surface area contributed by atoms with Gasteiger partial charge in [0.2, 0.25) is 0 Å². The van der Waals surface area contributed by atoms with Crippen molar-refractivity contribution in [3.05, 3.63) is 68.9 Å². The molecule has 1 aromatic heterocycles. The van der Waals surface area contributed by atoms with Gasteiger partial charge >= 0.3 is 0 Å². The normalized spacial score (nSPS) is 21.1. The molecule has 0 spiro atoms. The van der Waals surface area contributed by atoms with Crippen molar-refractivity contribution < 1.29 is 9.90 Å². The summed E-state index contributed by atoms with van der Waals surface area (Å²) >= 11 is 2.35. The molecule has 2 aliphatic rings. The van der Waals surface area contributed by atoms with E-state index in [0.717, 1.165) is 23.7 Å². The number of benzene rings is 2. The number of halogens is 1. The van der Waals surface area contributed by atoms with Crippen molar-refractivity contribution in [3.8, 4) is 0 Å². The topological polar surface area (TPSA) is 56.3 Å². The van der Waals surface area contributed by atoms with Crippen LogP contribution < -0.4 is 0 Å². The average Bonchev–Trinajstić information content (AvgIpc) is 3.29. The molecule has 2 fully saturated rings. The predicted octanol–water partition coefficient (Wildman–Crippen LogP) is 4.45. The highest BCUT2D eigenvalue weighted by Crippen LogP contribution is 2.51. The molecule has 5 rings (SSSR count). The highest BCUT2D eigenvalue weighted by Gasteiger charge is 2.42. The molecule has 2 heterocycles. The maximum Gasteiger partial charge on any atom is 0.256 e. The number of para-hydroxylation sites is 1. The summed E-state index contributed by atoms with van der Waals surface area (Å²) in [5.41, 5.74) is 4.31. The first-order chi connectivity index (χ1) is 13.6. The Morgan fingerprint density at radius 1 is 1.18 bits per heavy atom. The molecule has 1 saturated carbocycles. The number of hydrogen-bond donors (Lipinski definition) is 2. The number of aromatic amines is 1. The fraction of sp³-hybridized carbons (Fsp3) is 0.348. The second kappa shape index (κ2) is 6.88. The quantitative estimate of drug-likeness (QED) is 0.538. The summed E-state index contributed by atoms with van der Waals surface area (Å²) in [5, 5.41) is 10.9. The third-order valence-electron chi connectivity index (χ3n) is 6.52. The Hall–Kier alpha value is -1.86. The maximum absolute atomic E-state index is 13.1. The summed E-state index contributed by atoms with van der Waals surface area (Å²) in [6.45, 7) is 1.05. The van der Waals surface area contributed by atoms with Gasteiger partial charge in [0.25, 0.3) is 5.91 Å². The van der Waals surface area contributed by atoms with E-state index >= 15 is 0 Å². The smallest absolute Gasteiger partial charge is 0.256 e. The van der Waals surface area contributed by atoms with Gasteiger partial charge in [-0.3, -0.25) is 4.79 Å². The van der Waals surface area contributed by atoms with Crippen LogP contribution in [0.2, 0.25) is 0 Å². The lowest BCUT2D eigenvalue weighted by molar-refractivity contribution is 0.0766. The van der Waals surface area contributed by atoms with Gasteiger partial charge in [0, 0.05) is 33.7 Å². The lowest BCUT2D eigenvalue weighted by Crippen LogP contribution is -2.35. The van der Waals surface area contributed by atoms with E-state index in [1.807, 2.05) is 12.1 Å². The van der Waals surface area contributed by atoms with Crippen LogP contribution in [0, 0.1) is 3.57 Å². The van der Waals surface area contributed by atoms with Crippen LogP contribution in [0.15, 0.2) is 48.7 Å². The summed E-state index contributed by atoms with van der Waals surface area (Å²) in [7, 11) is 0. The van der Waals surface area contributed by atoms with Gasteiger partial charge in [-0.15, -0.1) is 0 Å². The van der Waals surface area contributed by atoms with Gasteiger partial charge in [0.15, 0.2) is 0 Å². The van der Waals surface area contributed by atoms with E-state index in [9.17, 15) is 9.90 Å². The van der Waals surface area contributed by atoms with E-state index in [2.05, 4.69) is 64.1 Å². The van der Waals surface area contributed by atoms with Crippen LogP contribution >= 0.6 is 22.6 Å². The Morgan fingerprint density at radius 2 is 1.96 bits per heavy atom. The number of nitrogens with zero attached hydrogens (tertiary/aromatic N) is 1.